The minimum absolute atomic E-state index is 0.0374. The first-order valence-electron chi connectivity index (χ1n) is 17.9. The molecular formula is C36H55N5O12. The lowest BCUT2D eigenvalue weighted by Crippen LogP contribution is -2.69. The number of nitrogens with one attached hydrogen (secondary N) is 2. The summed E-state index contributed by atoms with van der Waals surface area (Å²) in [5.74, 6) is -2.74. The molecule has 296 valence electrons. The second-order valence-corrected chi connectivity index (χ2v) is 15.7. The largest absolute Gasteiger partial charge is 0.507 e. The van der Waals surface area contributed by atoms with Crippen LogP contribution in [0, 0.1) is 13.8 Å². The number of aromatic hydroxyl groups is 1. The summed E-state index contributed by atoms with van der Waals surface area (Å²) in [4.78, 5) is 68.9. The number of aliphatic hydroxyl groups excluding tert-OH is 3. The number of likely N-dealkylation sites (tertiary alicyclic amines) is 1. The van der Waals surface area contributed by atoms with Crippen LogP contribution in [0.2, 0.25) is 0 Å². The second-order valence-electron chi connectivity index (χ2n) is 15.7. The number of rotatable bonds is 10. The summed E-state index contributed by atoms with van der Waals surface area (Å²) in [6.07, 6.45) is -7.44. The van der Waals surface area contributed by atoms with E-state index < -0.39 is 84.0 Å². The van der Waals surface area contributed by atoms with E-state index in [-0.39, 0.29) is 36.7 Å². The fraction of sp³-hybridized carbons (Fsp3) is 0.694. The van der Waals surface area contributed by atoms with Gasteiger partial charge in [0.25, 0.3) is 5.91 Å². The van der Waals surface area contributed by atoms with Gasteiger partial charge in [-0.2, -0.15) is 0 Å². The Morgan fingerprint density at radius 1 is 1.02 bits per heavy atom. The summed E-state index contributed by atoms with van der Waals surface area (Å²) in [7, 11) is 0. The number of carbonyl (C=O) groups is 5. The number of carbonyl (C=O) groups excluding carboxylic acids is 4. The van der Waals surface area contributed by atoms with Crippen molar-refractivity contribution in [2.45, 2.75) is 115 Å². The van der Waals surface area contributed by atoms with E-state index in [1.807, 2.05) is 4.90 Å². The highest BCUT2D eigenvalue weighted by molar-refractivity contribution is 5.95. The average Bonchev–Trinajstić information content (AvgIpc) is 3.49. The molecule has 3 saturated heterocycles. The van der Waals surface area contributed by atoms with Crippen molar-refractivity contribution in [3.8, 4) is 5.75 Å². The molecule has 3 heterocycles. The van der Waals surface area contributed by atoms with Crippen LogP contribution < -0.4 is 10.6 Å². The number of aryl methyl sites for hydroxylation is 2. The van der Waals surface area contributed by atoms with Crippen LogP contribution in [0.25, 0.3) is 0 Å². The Hall–Kier alpha value is -4.03. The van der Waals surface area contributed by atoms with Crippen molar-refractivity contribution in [2.75, 3.05) is 45.8 Å². The quantitative estimate of drug-likeness (QED) is 0.165. The van der Waals surface area contributed by atoms with Crippen LogP contribution in [0.4, 0.5) is 4.79 Å². The minimum atomic E-state index is -2.09. The SMILES string of the molecule is CC(=O)N[C@H]1[C@H]([C@H](O)[C@H](O)CNC(=O)c2cc(C)c(O)c(C)c2)O[C@@](CCN2CCN(C(C)=O)C[C@]23CCN(C(=O)OC(C)(C)C)C3)(C(=O)O)C[C@@H]1O. The number of benzene rings is 1. The van der Waals surface area contributed by atoms with Gasteiger partial charge in [-0.1, -0.05) is 0 Å². The number of aliphatic hydroxyl groups is 3. The monoisotopic (exact) mass is 749 g/mol. The molecule has 0 unspecified atom stereocenters. The Morgan fingerprint density at radius 2 is 1.64 bits per heavy atom. The molecule has 3 aliphatic rings. The van der Waals surface area contributed by atoms with E-state index in [2.05, 4.69) is 10.6 Å². The Morgan fingerprint density at radius 3 is 2.21 bits per heavy atom. The minimum Gasteiger partial charge on any atom is -0.507 e. The molecule has 0 aromatic heterocycles. The topological polar surface area (TPSA) is 239 Å². The number of hydrogen-bond acceptors (Lipinski definition) is 12. The molecule has 17 heteroatoms. The predicted octanol–water partition coefficient (Wildman–Crippen LogP) is -0.128. The molecule has 0 saturated carbocycles. The standard InChI is InChI=1S/C36H55N5O12/c1-20-14-24(15-21(2)28(20)46)31(48)37-17-26(45)29(47)30-27(38-22(3)42)25(44)16-36(52-30,32(49)50)9-11-41-13-12-39(23(4)43)18-35(41)8-10-40(19-35)33(51)53-34(5,6)7/h14-15,25-27,29-30,44-47H,8-13,16-19H2,1-7H3,(H,37,48)(H,38,42)(H,49,50)/t25-,26+,27+,29+,30+,35-,36+/m0/s1. The van der Waals surface area contributed by atoms with Gasteiger partial charge in [-0.15, -0.1) is 0 Å². The summed E-state index contributed by atoms with van der Waals surface area (Å²) >= 11 is 0. The van der Waals surface area contributed by atoms with E-state index in [9.17, 15) is 49.5 Å². The van der Waals surface area contributed by atoms with Gasteiger partial charge in [-0.3, -0.25) is 19.3 Å². The molecule has 0 aliphatic carbocycles. The highest BCUT2D eigenvalue weighted by Crippen LogP contribution is 2.38. The summed E-state index contributed by atoms with van der Waals surface area (Å²) < 4.78 is 11.7. The van der Waals surface area contributed by atoms with Crippen LogP contribution >= 0.6 is 0 Å². The number of amides is 4. The first kappa shape index (κ1) is 41.7. The number of carboxylic acids is 1. The maximum absolute atomic E-state index is 13.1. The third kappa shape index (κ3) is 9.56. The number of hydrogen-bond donors (Lipinski definition) is 7. The molecule has 4 rings (SSSR count). The molecule has 3 aliphatic heterocycles. The highest BCUT2D eigenvalue weighted by atomic mass is 16.6. The summed E-state index contributed by atoms with van der Waals surface area (Å²) in [5, 5.41) is 59.4. The van der Waals surface area contributed by atoms with E-state index in [1.165, 1.54) is 26.0 Å². The number of phenols is 1. The van der Waals surface area contributed by atoms with Crippen molar-refractivity contribution >= 4 is 29.8 Å². The Balaban J connectivity index is 1.55. The van der Waals surface area contributed by atoms with Gasteiger partial charge in [0.05, 0.1) is 23.8 Å². The lowest BCUT2D eigenvalue weighted by Gasteiger charge is -2.51. The van der Waals surface area contributed by atoms with Crippen molar-refractivity contribution in [1.29, 1.82) is 0 Å². The van der Waals surface area contributed by atoms with E-state index in [0.29, 0.717) is 43.7 Å². The number of nitrogens with zero attached hydrogens (tertiary/aromatic N) is 3. The van der Waals surface area contributed by atoms with Crippen LogP contribution in [0.15, 0.2) is 12.1 Å². The van der Waals surface area contributed by atoms with Gasteiger partial charge in [0.2, 0.25) is 11.8 Å². The smallest absolute Gasteiger partial charge is 0.410 e. The van der Waals surface area contributed by atoms with Crippen LogP contribution in [0.3, 0.4) is 0 Å². The lowest BCUT2D eigenvalue weighted by atomic mass is 9.81. The maximum atomic E-state index is 13.1. The van der Waals surface area contributed by atoms with Crippen molar-refractivity contribution in [2.24, 2.45) is 0 Å². The molecule has 53 heavy (non-hydrogen) atoms. The number of ether oxygens (including phenoxy) is 2. The zero-order valence-corrected chi connectivity index (χ0v) is 31.5. The number of carboxylic acid groups (broad SMARTS) is 1. The van der Waals surface area contributed by atoms with Crippen LogP contribution in [0.5, 0.6) is 5.75 Å². The number of piperazine rings is 1. The molecule has 1 aromatic carbocycles. The zero-order valence-electron chi connectivity index (χ0n) is 31.5. The van der Waals surface area contributed by atoms with Crippen molar-refractivity contribution < 1.29 is 59.0 Å². The Bertz CT molecular complexity index is 1540. The van der Waals surface area contributed by atoms with E-state index in [4.69, 9.17) is 9.47 Å². The Kier molecular flexibility index (Phi) is 12.7. The summed E-state index contributed by atoms with van der Waals surface area (Å²) in [6, 6.07) is 1.60. The van der Waals surface area contributed by atoms with Crippen LogP contribution in [-0.2, 0) is 23.9 Å². The maximum Gasteiger partial charge on any atom is 0.410 e. The van der Waals surface area contributed by atoms with Gasteiger partial charge >= 0.3 is 12.1 Å². The van der Waals surface area contributed by atoms with Crippen molar-refractivity contribution in [3.63, 3.8) is 0 Å². The van der Waals surface area contributed by atoms with E-state index in [1.54, 1.807) is 44.4 Å². The lowest BCUT2D eigenvalue weighted by molar-refractivity contribution is -0.230. The molecule has 0 bridgehead atoms. The molecular weight excluding hydrogens is 694 g/mol. The summed E-state index contributed by atoms with van der Waals surface area (Å²) in [6.45, 7) is 12.4. The zero-order chi connectivity index (χ0) is 39.6. The number of phenolic OH excluding ortho intramolecular Hbond substituents is 1. The normalized spacial score (nSPS) is 27.6. The molecule has 3 fully saturated rings. The average molecular weight is 750 g/mol. The van der Waals surface area contributed by atoms with E-state index >= 15 is 0 Å². The molecule has 0 radical (unpaired) electrons. The predicted molar refractivity (Wildman–Crippen MR) is 189 cm³/mol. The van der Waals surface area contributed by atoms with Crippen LogP contribution in [-0.4, -0.2) is 163 Å². The molecule has 4 amide bonds. The number of aliphatic carboxylic acids is 1. The van der Waals surface area contributed by atoms with Gasteiger partial charge in [0.1, 0.15) is 23.6 Å². The van der Waals surface area contributed by atoms with Gasteiger partial charge in [0, 0.05) is 78.1 Å². The first-order valence-corrected chi connectivity index (χ1v) is 17.9. The van der Waals surface area contributed by atoms with Gasteiger partial charge in [0.15, 0.2) is 5.60 Å². The second kappa shape index (κ2) is 16.1. The fourth-order valence-electron chi connectivity index (χ4n) is 7.56. The summed E-state index contributed by atoms with van der Waals surface area (Å²) in [5.41, 5.74) is -2.42. The molecule has 1 spiro atoms. The van der Waals surface area contributed by atoms with E-state index in [0.717, 1.165) is 0 Å². The van der Waals surface area contributed by atoms with Crippen LogP contribution in [0.1, 0.15) is 75.4 Å². The van der Waals surface area contributed by atoms with Crippen molar-refractivity contribution in [3.05, 3.63) is 28.8 Å². The van der Waals surface area contributed by atoms with Gasteiger partial charge in [-0.05, 0) is 64.3 Å². The molecule has 17 nitrogen and oxygen atoms in total. The molecule has 1 aromatic rings. The Labute approximate surface area is 309 Å². The third-order valence-corrected chi connectivity index (χ3v) is 10.4. The van der Waals surface area contributed by atoms with Crippen molar-refractivity contribution in [1.82, 2.24) is 25.3 Å². The fourth-order valence-corrected chi connectivity index (χ4v) is 7.56. The molecule has 7 atom stereocenters. The molecule has 7 N–H and O–H groups in total. The van der Waals surface area contributed by atoms with Gasteiger partial charge in [-0.25, -0.2) is 9.59 Å². The third-order valence-electron chi connectivity index (χ3n) is 10.4. The highest BCUT2D eigenvalue weighted by Gasteiger charge is 2.56. The van der Waals surface area contributed by atoms with Gasteiger partial charge < -0.3 is 55.4 Å². The first-order chi connectivity index (χ1) is 24.6.